The molecule has 2 N–H and O–H groups in total. The lowest BCUT2D eigenvalue weighted by Gasteiger charge is -2.37. The van der Waals surface area contributed by atoms with Crippen LogP contribution in [0.1, 0.15) is 31.7 Å². The van der Waals surface area contributed by atoms with Crippen LogP contribution in [0.3, 0.4) is 0 Å². The normalized spacial score (nSPS) is 21.2. The standard InChI is InChI=1S/C14H18ClF3N2O2S.ClH/c1-9(19)12-7-2-3-8-20(12)23(21,22)13-10(14(16,17)18)5-4-6-11(13)15;/h4-6,9,12H,2-3,7-8,19H2,1H3;1H. The second kappa shape index (κ2) is 7.78. The summed E-state index contributed by atoms with van der Waals surface area (Å²) in [7, 11) is -4.40. The number of sulfonamides is 1. The molecule has 1 fully saturated rings. The molecule has 0 aromatic heterocycles. The lowest BCUT2D eigenvalue weighted by Crippen LogP contribution is -2.51. The van der Waals surface area contributed by atoms with Crippen LogP contribution in [0.25, 0.3) is 0 Å². The molecule has 1 heterocycles. The van der Waals surface area contributed by atoms with Crippen LogP contribution in [-0.2, 0) is 16.2 Å². The SMILES string of the molecule is CC(N)C1CCCCN1S(=O)(=O)c1c(Cl)cccc1C(F)(F)F.Cl. The van der Waals surface area contributed by atoms with Crippen molar-refractivity contribution in [1.29, 1.82) is 0 Å². The minimum Gasteiger partial charge on any atom is -0.326 e. The first-order valence-corrected chi connectivity index (χ1v) is 9.01. The maximum absolute atomic E-state index is 13.2. The molecule has 0 saturated carbocycles. The Morgan fingerprint density at radius 3 is 2.50 bits per heavy atom. The van der Waals surface area contributed by atoms with E-state index in [0.29, 0.717) is 12.8 Å². The van der Waals surface area contributed by atoms with Gasteiger partial charge in [0.2, 0.25) is 10.0 Å². The molecule has 138 valence electrons. The average Bonchev–Trinajstić information content (AvgIpc) is 2.45. The summed E-state index contributed by atoms with van der Waals surface area (Å²) in [4.78, 5) is -0.887. The van der Waals surface area contributed by atoms with E-state index in [4.69, 9.17) is 17.3 Å². The predicted molar refractivity (Wildman–Crippen MR) is 88.9 cm³/mol. The van der Waals surface area contributed by atoms with Gasteiger partial charge in [0.05, 0.1) is 10.6 Å². The largest absolute Gasteiger partial charge is 0.417 e. The fourth-order valence-corrected chi connectivity index (χ4v) is 5.37. The van der Waals surface area contributed by atoms with Gasteiger partial charge in [-0.05, 0) is 31.9 Å². The molecule has 0 spiro atoms. The van der Waals surface area contributed by atoms with Crippen LogP contribution in [0.5, 0.6) is 0 Å². The molecule has 2 unspecified atom stereocenters. The fourth-order valence-electron chi connectivity index (χ4n) is 2.87. The Kier molecular flexibility index (Phi) is 6.97. The zero-order valence-corrected chi connectivity index (χ0v) is 15.3. The molecule has 0 aliphatic carbocycles. The summed E-state index contributed by atoms with van der Waals surface area (Å²) in [5.41, 5.74) is 4.58. The summed E-state index contributed by atoms with van der Waals surface area (Å²) in [6, 6.07) is 1.94. The molecule has 1 aliphatic heterocycles. The number of nitrogens with zero attached hydrogens (tertiary/aromatic N) is 1. The van der Waals surface area contributed by atoms with Gasteiger partial charge in [-0.15, -0.1) is 12.4 Å². The van der Waals surface area contributed by atoms with E-state index < -0.39 is 43.8 Å². The number of benzene rings is 1. The van der Waals surface area contributed by atoms with Crippen LogP contribution in [0.4, 0.5) is 13.2 Å². The van der Waals surface area contributed by atoms with Crippen molar-refractivity contribution in [2.24, 2.45) is 5.73 Å². The first-order valence-electron chi connectivity index (χ1n) is 7.20. The van der Waals surface area contributed by atoms with Crippen molar-refractivity contribution in [3.8, 4) is 0 Å². The third-order valence-corrected chi connectivity index (χ3v) is 6.40. The van der Waals surface area contributed by atoms with Gasteiger partial charge in [0.25, 0.3) is 0 Å². The topological polar surface area (TPSA) is 63.4 Å². The first kappa shape index (κ1) is 21.5. The molecule has 10 heteroatoms. The molecule has 2 rings (SSSR count). The Labute approximate surface area is 150 Å². The first-order chi connectivity index (χ1) is 10.6. The lowest BCUT2D eigenvalue weighted by molar-refractivity contribution is -0.139. The highest BCUT2D eigenvalue weighted by Gasteiger charge is 2.43. The number of piperidine rings is 1. The maximum Gasteiger partial charge on any atom is 0.417 e. The Bertz CT molecular complexity index is 681. The van der Waals surface area contributed by atoms with Gasteiger partial charge in [0.1, 0.15) is 4.90 Å². The van der Waals surface area contributed by atoms with Crippen molar-refractivity contribution >= 4 is 34.0 Å². The van der Waals surface area contributed by atoms with Crippen molar-refractivity contribution in [2.45, 2.75) is 49.3 Å². The summed E-state index contributed by atoms with van der Waals surface area (Å²) >= 11 is 5.83. The minimum atomic E-state index is -4.81. The third-order valence-electron chi connectivity index (χ3n) is 3.94. The van der Waals surface area contributed by atoms with Crippen LogP contribution in [0, 0.1) is 0 Å². The molecule has 4 nitrogen and oxygen atoms in total. The van der Waals surface area contributed by atoms with Gasteiger partial charge in [-0.1, -0.05) is 24.1 Å². The van der Waals surface area contributed by atoms with E-state index in [1.165, 1.54) is 0 Å². The zero-order chi connectivity index (χ0) is 17.4. The Morgan fingerprint density at radius 1 is 1.33 bits per heavy atom. The molecule has 1 saturated heterocycles. The Hall–Kier alpha value is -0.540. The lowest BCUT2D eigenvalue weighted by atomic mass is 10.00. The van der Waals surface area contributed by atoms with Gasteiger partial charge in [-0.25, -0.2) is 8.42 Å². The molecular formula is C14H19Cl2F3N2O2S. The number of hydrogen-bond acceptors (Lipinski definition) is 3. The van der Waals surface area contributed by atoms with Crippen molar-refractivity contribution in [3.63, 3.8) is 0 Å². The fraction of sp³-hybridized carbons (Fsp3) is 0.571. The summed E-state index contributed by atoms with van der Waals surface area (Å²) in [5, 5.41) is -0.436. The maximum atomic E-state index is 13.2. The Balaban J connectivity index is 0.00000288. The minimum absolute atomic E-state index is 0. The second-order valence-electron chi connectivity index (χ2n) is 5.65. The van der Waals surface area contributed by atoms with E-state index in [0.717, 1.165) is 28.9 Å². The van der Waals surface area contributed by atoms with E-state index in [1.54, 1.807) is 6.92 Å². The zero-order valence-electron chi connectivity index (χ0n) is 12.9. The highest BCUT2D eigenvalue weighted by molar-refractivity contribution is 7.89. The van der Waals surface area contributed by atoms with Gasteiger partial charge in [0.15, 0.2) is 0 Å². The second-order valence-corrected chi connectivity index (χ2v) is 7.89. The summed E-state index contributed by atoms with van der Waals surface area (Å²) < 4.78 is 66.5. The summed E-state index contributed by atoms with van der Waals surface area (Å²) in [5.74, 6) is 0. The smallest absolute Gasteiger partial charge is 0.326 e. The molecule has 1 aromatic rings. The van der Waals surface area contributed by atoms with Crippen molar-refractivity contribution in [1.82, 2.24) is 4.31 Å². The number of hydrogen-bond donors (Lipinski definition) is 1. The highest BCUT2D eigenvalue weighted by Crippen LogP contribution is 2.40. The van der Waals surface area contributed by atoms with Gasteiger partial charge < -0.3 is 5.73 Å². The van der Waals surface area contributed by atoms with Gasteiger partial charge in [-0.3, -0.25) is 0 Å². The predicted octanol–water partition coefficient (Wildman–Crippen LogP) is 3.67. The van der Waals surface area contributed by atoms with E-state index in [9.17, 15) is 21.6 Å². The number of halogens is 5. The highest BCUT2D eigenvalue weighted by atomic mass is 35.5. The van der Waals surface area contributed by atoms with Crippen molar-refractivity contribution < 1.29 is 21.6 Å². The van der Waals surface area contributed by atoms with Crippen LogP contribution in [0.2, 0.25) is 5.02 Å². The van der Waals surface area contributed by atoms with Gasteiger partial charge >= 0.3 is 6.18 Å². The number of rotatable bonds is 3. The van der Waals surface area contributed by atoms with Gasteiger partial charge in [0, 0.05) is 18.6 Å². The summed E-state index contributed by atoms with van der Waals surface area (Å²) in [6.45, 7) is 1.78. The van der Waals surface area contributed by atoms with E-state index in [1.807, 2.05) is 0 Å². The molecule has 0 amide bonds. The molecule has 2 atom stereocenters. The third kappa shape index (κ3) is 4.16. The molecule has 24 heavy (non-hydrogen) atoms. The van der Waals surface area contributed by atoms with Crippen LogP contribution in [-0.4, -0.2) is 31.4 Å². The average molecular weight is 407 g/mol. The molecule has 1 aliphatic rings. The monoisotopic (exact) mass is 406 g/mol. The molecule has 1 aromatic carbocycles. The molecule has 0 bridgehead atoms. The van der Waals surface area contributed by atoms with Crippen LogP contribution < -0.4 is 5.73 Å². The molecular weight excluding hydrogens is 388 g/mol. The van der Waals surface area contributed by atoms with E-state index >= 15 is 0 Å². The summed E-state index contributed by atoms with van der Waals surface area (Å²) in [6.07, 6.45) is -2.93. The van der Waals surface area contributed by atoms with Crippen molar-refractivity contribution in [2.75, 3.05) is 6.54 Å². The Morgan fingerprint density at radius 2 is 1.96 bits per heavy atom. The van der Waals surface area contributed by atoms with E-state index in [2.05, 4.69) is 0 Å². The quantitative estimate of drug-likeness (QED) is 0.832. The number of nitrogens with two attached hydrogens (primary N) is 1. The molecule has 0 radical (unpaired) electrons. The van der Waals surface area contributed by atoms with E-state index in [-0.39, 0.29) is 19.0 Å². The van der Waals surface area contributed by atoms with Crippen LogP contribution >= 0.6 is 24.0 Å². The van der Waals surface area contributed by atoms with Crippen molar-refractivity contribution in [3.05, 3.63) is 28.8 Å². The van der Waals surface area contributed by atoms with Gasteiger partial charge in [-0.2, -0.15) is 17.5 Å². The van der Waals surface area contributed by atoms with Crippen LogP contribution in [0.15, 0.2) is 23.1 Å². The number of alkyl halides is 3.